The summed E-state index contributed by atoms with van der Waals surface area (Å²) in [6.07, 6.45) is 6.46. The molecule has 2 aromatic heterocycles. The Morgan fingerprint density at radius 1 is 1.10 bits per heavy atom. The number of anilines is 4. The Bertz CT molecular complexity index is 875. The van der Waals surface area contributed by atoms with E-state index >= 15 is 0 Å². The molecule has 29 heavy (non-hydrogen) atoms. The van der Waals surface area contributed by atoms with Crippen LogP contribution >= 0.6 is 0 Å². The van der Waals surface area contributed by atoms with Crippen LogP contribution < -0.4 is 20.4 Å². The Balaban J connectivity index is 1.66. The molecular weight excluding hydrogens is 364 g/mol. The molecule has 2 N–H and O–H groups in total. The summed E-state index contributed by atoms with van der Waals surface area (Å²) in [5, 5.41) is 0. The number of hydrogen-bond donors (Lipinski definition) is 1. The van der Waals surface area contributed by atoms with E-state index in [-0.39, 0.29) is 5.41 Å². The van der Waals surface area contributed by atoms with Crippen LogP contribution in [0.4, 0.5) is 23.5 Å². The Kier molecular flexibility index (Phi) is 5.19. The molecule has 0 radical (unpaired) electrons. The molecule has 8 nitrogen and oxygen atoms in total. The van der Waals surface area contributed by atoms with E-state index in [2.05, 4.69) is 33.6 Å². The van der Waals surface area contributed by atoms with E-state index in [1.54, 1.807) is 0 Å². The van der Waals surface area contributed by atoms with Crippen LogP contribution in [0.1, 0.15) is 44.4 Å². The first kappa shape index (κ1) is 19.7. The smallest absolute Gasteiger partial charge is 0.229 e. The van der Waals surface area contributed by atoms with Crippen molar-refractivity contribution >= 4 is 23.5 Å². The zero-order chi connectivity index (χ0) is 20.6. The second kappa shape index (κ2) is 7.65. The van der Waals surface area contributed by atoms with Gasteiger partial charge in [-0.15, -0.1) is 0 Å². The lowest BCUT2D eigenvalue weighted by molar-refractivity contribution is 0.333. The van der Waals surface area contributed by atoms with E-state index < -0.39 is 0 Å². The van der Waals surface area contributed by atoms with Gasteiger partial charge >= 0.3 is 0 Å². The molecule has 1 aliphatic carbocycles. The van der Waals surface area contributed by atoms with Gasteiger partial charge < -0.3 is 20.4 Å². The normalized spacial score (nSPS) is 20.8. The summed E-state index contributed by atoms with van der Waals surface area (Å²) in [4.78, 5) is 25.3. The fourth-order valence-corrected chi connectivity index (χ4v) is 4.72. The van der Waals surface area contributed by atoms with Gasteiger partial charge in [-0.2, -0.15) is 9.97 Å². The van der Waals surface area contributed by atoms with Gasteiger partial charge in [0, 0.05) is 58.0 Å². The molecular formula is C21H32N8. The first-order valence-corrected chi connectivity index (χ1v) is 10.6. The summed E-state index contributed by atoms with van der Waals surface area (Å²) in [5.41, 5.74) is 8.75. The van der Waals surface area contributed by atoms with Crippen molar-refractivity contribution in [3.63, 3.8) is 0 Å². The fourth-order valence-electron chi connectivity index (χ4n) is 4.72. The Labute approximate surface area is 173 Å². The van der Waals surface area contributed by atoms with Crippen LogP contribution in [0, 0.1) is 0 Å². The number of nitrogens with zero attached hydrogens (tertiary/aromatic N) is 7. The number of rotatable bonds is 5. The zero-order valence-corrected chi connectivity index (χ0v) is 18.0. The lowest BCUT2D eigenvalue weighted by Gasteiger charge is -2.41. The highest BCUT2D eigenvalue weighted by Gasteiger charge is 2.44. The highest BCUT2D eigenvalue weighted by Crippen LogP contribution is 2.45. The molecule has 8 heteroatoms. The molecule has 0 aromatic carbocycles. The zero-order valence-electron chi connectivity index (χ0n) is 18.0. The van der Waals surface area contributed by atoms with Crippen LogP contribution in [0.15, 0.2) is 12.3 Å². The lowest BCUT2D eigenvalue weighted by Crippen LogP contribution is -2.46. The molecule has 156 valence electrons. The first-order valence-electron chi connectivity index (χ1n) is 10.6. The molecule has 1 aliphatic heterocycles. The molecule has 1 fully saturated rings. The van der Waals surface area contributed by atoms with Gasteiger partial charge in [0.05, 0.1) is 5.69 Å². The van der Waals surface area contributed by atoms with E-state index in [0.29, 0.717) is 11.8 Å². The van der Waals surface area contributed by atoms with Gasteiger partial charge in [0.25, 0.3) is 0 Å². The third-order valence-corrected chi connectivity index (χ3v) is 6.29. The van der Waals surface area contributed by atoms with Crippen LogP contribution in [0.5, 0.6) is 0 Å². The molecule has 1 atom stereocenters. The molecule has 1 spiro atoms. The molecule has 3 heterocycles. The maximum Gasteiger partial charge on any atom is 0.229 e. The topological polar surface area (TPSA) is 87.3 Å². The third kappa shape index (κ3) is 3.56. The second-order valence-corrected chi connectivity index (χ2v) is 8.37. The average Bonchev–Trinajstić information content (AvgIpc) is 3.06. The summed E-state index contributed by atoms with van der Waals surface area (Å²) in [7, 11) is 3.99. The summed E-state index contributed by atoms with van der Waals surface area (Å²) >= 11 is 0. The van der Waals surface area contributed by atoms with E-state index in [4.69, 9.17) is 15.7 Å². The highest BCUT2D eigenvalue weighted by molar-refractivity contribution is 5.54. The first-order chi connectivity index (χ1) is 14.0. The van der Waals surface area contributed by atoms with E-state index in [1.165, 1.54) is 11.3 Å². The number of fused-ring (bicyclic) bond motifs is 2. The van der Waals surface area contributed by atoms with Crippen molar-refractivity contribution in [3.05, 3.63) is 23.5 Å². The lowest BCUT2D eigenvalue weighted by atomic mass is 9.77. The van der Waals surface area contributed by atoms with Crippen LogP contribution in [-0.4, -0.2) is 60.2 Å². The number of nitrogens with two attached hydrogens (primary N) is 1. The van der Waals surface area contributed by atoms with Crippen LogP contribution in [0.25, 0.3) is 0 Å². The van der Waals surface area contributed by atoms with Gasteiger partial charge in [-0.25, -0.2) is 9.97 Å². The summed E-state index contributed by atoms with van der Waals surface area (Å²) in [6, 6.07) is 1.91. The fraction of sp³-hybridized carbons (Fsp3) is 0.619. The van der Waals surface area contributed by atoms with Crippen molar-refractivity contribution in [2.75, 3.05) is 60.7 Å². The minimum atomic E-state index is 0.0658. The SMILES string of the molecule is CCN(CC)c1nc(N)cc(N2CCCC3(CCc4cnc(N(C)C)nc43)C2)n1. The van der Waals surface area contributed by atoms with Crippen molar-refractivity contribution in [2.24, 2.45) is 0 Å². The number of aryl methyl sites for hydroxylation is 1. The number of aromatic nitrogens is 4. The Morgan fingerprint density at radius 2 is 1.90 bits per heavy atom. The van der Waals surface area contributed by atoms with Crippen molar-refractivity contribution in [3.8, 4) is 0 Å². The van der Waals surface area contributed by atoms with Crippen molar-refractivity contribution in [2.45, 2.75) is 44.9 Å². The molecule has 0 saturated carbocycles. The van der Waals surface area contributed by atoms with Crippen molar-refractivity contribution < 1.29 is 0 Å². The van der Waals surface area contributed by atoms with Crippen LogP contribution in [-0.2, 0) is 11.8 Å². The number of piperidine rings is 1. The van der Waals surface area contributed by atoms with Gasteiger partial charge in [0.1, 0.15) is 11.6 Å². The van der Waals surface area contributed by atoms with E-state index in [9.17, 15) is 0 Å². The summed E-state index contributed by atoms with van der Waals surface area (Å²) in [5.74, 6) is 2.96. The molecule has 1 saturated heterocycles. The van der Waals surface area contributed by atoms with E-state index in [0.717, 1.165) is 63.6 Å². The van der Waals surface area contributed by atoms with Crippen LogP contribution in [0.3, 0.4) is 0 Å². The van der Waals surface area contributed by atoms with Gasteiger partial charge in [0.15, 0.2) is 0 Å². The molecule has 4 rings (SSSR count). The average molecular weight is 397 g/mol. The van der Waals surface area contributed by atoms with Crippen molar-refractivity contribution in [1.82, 2.24) is 19.9 Å². The Morgan fingerprint density at radius 3 is 2.62 bits per heavy atom. The highest BCUT2D eigenvalue weighted by atomic mass is 15.3. The maximum absolute atomic E-state index is 6.16. The van der Waals surface area contributed by atoms with Gasteiger partial charge in [-0.05, 0) is 45.1 Å². The summed E-state index contributed by atoms with van der Waals surface area (Å²) in [6.45, 7) is 7.85. The largest absolute Gasteiger partial charge is 0.383 e. The standard InChI is InChI=1S/C21H32N8/c1-5-28(6-2)20-24-16(22)12-17(25-20)29-11-7-9-21(14-29)10-8-15-13-23-19(27(3)4)26-18(15)21/h12-13H,5-11,14H2,1-4H3,(H2,22,24,25). The molecule has 0 amide bonds. The summed E-state index contributed by atoms with van der Waals surface area (Å²) < 4.78 is 0. The van der Waals surface area contributed by atoms with E-state index in [1.807, 2.05) is 31.3 Å². The molecule has 1 unspecified atom stereocenters. The predicted octanol–water partition coefficient (Wildman–Crippen LogP) is 2.25. The van der Waals surface area contributed by atoms with Crippen LogP contribution in [0.2, 0.25) is 0 Å². The third-order valence-electron chi connectivity index (χ3n) is 6.29. The number of hydrogen-bond acceptors (Lipinski definition) is 8. The second-order valence-electron chi connectivity index (χ2n) is 8.37. The maximum atomic E-state index is 6.16. The Hall–Kier alpha value is -2.64. The van der Waals surface area contributed by atoms with Crippen molar-refractivity contribution in [1.29, 1.82) is 0 Å². The monoisotopic (exact) mass is 396 g/mol. The minimum Gasteiger partial charge on any atom is -0.383 e. The van der Waals surface area contributed by atoms with Gasteiger partial charge in [-0.3, -0.25) is 0 Å². The molecule has 2 aromatic rings. The minimum absolute atomic E-state index is 0.0658. The van der Waals surface area contributed by atoms with Gasteiger partial charge in [0.2, 0.25) is 11.9 Å². The predicted molar refractivity (Wildman–Crippen MR) is 118 cm³/mol. The van der Waals surface area contributed by atoms with Gasteiger partial charge in [-0.1, -0.05) is 0 Å². The quantitative estimate of drug-likeness (QED) is 0.823. The molecule has 0 bridgehead atoms. The molecule has 2 aliphatic rings. The number of nitrogen functional groups attached to an aromatic ring is 1.